The van der Waals surface area contributed by atoms with E-state index in [4.69, 9.17) is 9.47 Å². The van der Waals surface area contributed by atoms with Crippen molar-refractivity contribution < 1.29 is 23.9 Å². The molecule has 6 aromatic rings. The molecular formula is C74H101N9O5. The molecule has 6 amide bonds. The van der Waals surface area contributed by atoms with E-state index in [1.807, 2.05) is 163 Å². The summed E-state index contributed by atoms with van der Waals surface area (Å²) in [5.41, 5.74) is 9.39. The van der Waals surface area contributed by atoms with E-state index in [9.17, 15) is 14.4 Å². The highest BCUT2D eigenvalue weighted by Crippen LogP contribution is 2.34. The van der Waals surface area contributed by atoms with Crippen molar-refractivity contribution in [3.8, 4) is 11.5 Å². The molecule has 4 aliphatic rings. The molecule has 4 heterocycles. The molecule has 10 rings (SSSR count). The number of fused-ring (bicyclic) bond motifs is 1. The number of hydrogen-bond donors (Lipinski definition) is 3. The lowest BCUT2D eigenvalue weighted by Crippen LogP contribution is -2.50. The van der Waals surface area contributed by atoms with Crippen LogP contribution in [-0.4, -0.2) is 131 Å². The van der Waals surface area contributed by atoms with E-state index < -0.39 is 0 Å². The summed E-state index contributed by atoms with van der Waals surface area (Å²) in [7, 11) is 0. The Kier molecular flexibility index (Phi) is 26.4. The van der Waals surface area contributed by atoms with Gasteiger partial charge in [0.15, 0.2) is 11.5 Å². The minimum atomic E-state index is -0.0460. The number of aryl methyl sites for hydroxylation is 3. The Labute approximate surface area is 526 Å². The second kappa shape index (κ2) is 35.0. The predicted molar refractivity (Wildman–Crippen MR) is 360 cm³/mol. The van der Waals surface area contributed by atoms with E-state index in [0.717, 1.165) is 135 Å². The lowest BCUT2D eigenvalue weighted by Gasteiger charge is -2.40. The van der Waals surface area contributed by atoms with Crippen LogP contribution in [0.1, 0.15) is 138 Å². The van der Waals surface area contributed by atoms with E-state index in [2.05, 4.69) is 82.6 Å². The van der Waals surface area contributed by atoms with E-state index in [-0.39, 0.29) is 43.0 Å². The summed E-state index contributed by atoms with van der Waals surface area (Å²) in [5.74, 6) is 1.52. The van der Waals surface area contributed by atoms with Crippen LogP contribution in [0.5, 0.6) is 11.5 Å². The number of anilines is 3. The molecule has 4 aliphatic heterocycles. The zero-order valence-corrected chi connectivity index (χ0v) is 53.9. The minimum absolute atomic E-state index is 0.000454. The van der Waals surface area contributed by atoms with Gasteiger partial charge in [0.1, 0.15) is 0 Å². The van der Waals surface area contributed by atoms with Crippen molar-refractivity contribution in [1.29, 1.82) is 0 Å². The highest BCUT2D eigenvalue weighted by Gasteiger charge is 2.32. The van der Waals surface area contributed by atoms with Gasteiger partial charge >= 0.3 is 18.1 Å². The van der Waals surface area contributed by atoms with Crippen molar-refractivity contribution in [3.05, 3.63) is 185 Å². The van der Waals surface area contributed by atoms with Crippen LogP contribution in [0.4, 0.5) is 31.4 Å². The number of rotatable bonds is 21. The van der Waals surface area contributed by atoms with Gasteiger partial charge < -0.3 is 54.8 Å². The van der Waals surface area contributed by atoms with Crippen molar-refractivity contribution in [3.63, 3.8) is 0 Å². The fourth-order valence-electron chi connectivity index (χ4n) is 12.6. The molecule has 0 radical (unpaired) electrons. The Bertz CT molecular complexity index is 3050. The van der Waals surface area contributed by atoms with Crippen LogP contribution in [0.25, 0.3) is 0 Å². The molecule has 0 aliphatic carbocycles. The standard InChI is InChI=1S/C25H33N3O3.C25H35N3O.C24H33N3O/c1-3-4-12-27-13-10-22(11-14-27)28(25(29)26-21-7-5-6-19(2)15-21)17-20-8-9-23-24(16-20)31-18-30-23;1-4-9-21(3)27-16-14-24(15-17-27)28(19-22-11-6-5-7-12-22)25(29)26-23-13-8-10-20(2)18-23;1-3-4-15-26-16-13-23(14-17-26)27(19-21-10-6-5-7-11-21)24(28)25-22-12-8-9-20(2)18-22/h5-9,15-16,22H,3-4,10-14,17-18H2,1-2H3,(H,26,29);5-8,10-13,18,21,24H,4,9,14-17,19H2,1-3H3,(H,26,29);5-12,18,23H,3-4,13-17,19H2,1-2H3,(H,25,28). The second-order valence-corrected chi connectivity index (χ2v) is 24.7. The number of hydrogen-bond acceptors (Lipinski definition) is 8. The molecule has 472 valence electrons. The van der Waals surface area contributed by atoms with Gasteiger partial charge in [0.05, 0.1) is 0 Å². The van der Waals surface area contributed by atoms with Gasteiger partial charge in [0.25, 0.3) is 0 Å². The summed E-state index contributed by atoms with van der Waals surface area (Å²) >= 11 is 0. The molecule has 0 bridgehead atoms. The summed E-state index contributed by atoms with van der Waals surface area (Å²) in [6.45, 7) is 26.0. The van der Waals surface area contributed by atoms with Crippen LogP contribution in [0, 0.1) is 20.8 Å². The molecule has 0 aromatic heterocycles. The summed E-state index contributed by atoms with van der Waals surface area (Å²) in [4.78, 5) is 53.5. The number of nitrogens with one attached hydrogen (secondary N) is 3. The van der Waals surface area contributed by atoms with Crippen LogP contribution in [-0.2, 0) is 19.6 Å². The quantitative estimate of drug-likeness (QED) is 0.0651. The molecule has 14 heteroatoms. The number of carbonyl (C=O) groups is 3. The number of urea groups is 3. The Morgan fingerprint density at radius 3 is 1.23 bits per heavy atom. The fourth-order valence-corrected chi connectivity index (χ4v) is 12.6. The summed E-state index contributed by atoms with van der Waals surface area (Å²) in [6, 6.07) is 51.9. The van der Waals surface area contributed by atoms with E-state index in [1.165, 1.54) is 56.2 Å². The number of carbonyl (C=O) groups excluding carboxylic acids is 3. The van der Waals surface area contributed by atoms with Crippen molar-refractivity contribution in [2.45, 2.75) is 169 Å². The van der Waals surface area contributed by atoms with E-state index in [0.29, 0.717) is 25.7 Å². The minimum Gasteiger partial charge on any atom is -0.454 e. The Morgan fingerprint density at radius 1 is 0.455 bits per heavy atom. The first kappa shape index (κ1) is 66.6. The molecule has 0 spiro atoms. The SMILES string of the molecule is CCCC(C)N1CCC(N(Cc2ccccc2)C(=O)Nc2cccc(C)c2)CC1.CCCCN1CCC(N(Cc2ccc3c(c2)OCO3)C(=O)Nc2cccc(C)c2)CC1.CCCCN1CCC(N(Cc2ccccc2)C(=O)Nc2cccc(C)c2)CC1. The van der Waals surface area contributed by atoms with Gasteiger partial charge in [-0.25, -0.2) is 14.4 Å². The monoisotopic (exact) mass is 1200 g/mol. The number of likely N-dealkylation sites (tertiary alicyclic amines) is 3. The van der Waals surface area contributed by atoms with Crippen molar-refractivity contribution in [2.75, 3.05) is 75.1 Å². The third-order valence-electron chi connectivity index (χ3n) is 17.7. The Balaban J connectivity index is 0.000000171. The largest absolute Gasteiger partial charge is 0.454 e. The van der Waals surface area contributed by atoms with Crippen molar-refractivity contribution in [1.82, 2.24) is 29.4 Å². The third-order valence-corrected chi connectivity index (χ3v) is 17.7. The average molecular weight is 1200 g/mol. The van der Waals surface area contributed by atoms with Crippen LogP contribution in [0.3, 0.4) is 0 Å². The zero-order chi connectivity index (χ0) is 62.0. The number of benzene rings is 6. The number of nitrogens with zero attached hydrogens (tertiary/aromatic N) is 6. The number of unbranched alkanes of at least 4 members (excludes halogenated alkanes) is 2. The molecule has 3 fully saturated rings. The van der Waals surface area contributed by atoms with Crippen LogP contribution >= 0.6 is 0 Å². The Morgan fingerprint density at radius 2 is 0.841 bits per heavy atom. The third kappa shape index (κ3) is 20.9. The van der Waals surface area contributed by atoms with Gasteiger partial charge in [-0.15, -0.1) is 0 Å². The van der Waals surface area contributed by atoms with Gasteiger partial charge in [0.2, 0.25) is 6.79 Å². The molecule has 6 aromatic carbocycles. The molecule has 14 nitrogen and oxygen atoms in total. The van der Waals surface area contributed by atoms with Gasteiger partial charge in [-0.2, -0.15) is 0 Å². The molecule has 3 saturated heterocycles. The Hall–Kier alpha value is -7.39. The van der Waals surface area contributed by atoms with Crippen LogP contribution < -0.4 is 25.4 Å². The van der Waals surface area contributed by atoms with Gasteiger partial charge in [-0.1, -0.05) is 143 Å². The van der Waals surface area contributed by atoms with E-state index in [1.54, 1.807) is 0 Å². The van der Waals surface area contributed by atoms with Gasteiger partial charge in [-0.3, -0.25) is 0 Å². The number of ether oxygens (including phenoxy) is 2. The topological polar surface area (TPSA) is 125 Å². The smallest absolute Gasteiger partial charge is 0.322 e. The molecule has 1 atom stereocenters. The average Bonchev–Trinajstić information content (AvgIpc) is 3.10. The number of piperidine rings is 3. The highest BCUT2D eigenvalue weighted by molar-refractivity contribution is 5.91. The maximum Gasteiger partial charge on any atom is 0.322 e. The predicted octanol–water partition coefficient (Wildman–Crippen LogP) is 16.0. The first-order valence-corrected chi connectivity index (χ1v) is 32.9. The zero-order valence-electron chi connectivity index (χ0n) is 53.9. The summed E-state index contributed by atoms with van der Waals surface area (Å²) in [5, 5.41) is 9.36. The first-order valence-electron chi connectivity index (χ1n) is 32.9. The second-order valence-electron chi connectivity index (χ2n) is 24.7. The van der Waals surface area contributed by atoms with Gasteiger partial charge in [0, 0.05) is 100 Å². The normalized spacial score (nSPS) is 16.0. The maximum absolute atomic E-state index is 13.4. The maximum atomic E-state index is 13.4. The molecule has 3 N–H and O–H groups in total. The van der Waals surface area contributed by atoms with E-state index >= 15 is 0 Å². The fraction of sp³-hybridized carbons (Fsp3) is 0.473. The summed E-state index contributed by atoms with van der Waals surface area (Å²) in [6.07, 6.45) is 13.5. The lowest BCUT2D eigenvalue weighted by atomic mass is 10.00. The van der Waals surface area contributed by atoms with Crippen LogP contribution in [0.15, 0.2) is 152 Å². The lowest BCUT2D eigenvalue weighted by molar-refractivity contribution is 0.0989. The van der Waals surface area contributed by atoms with Crippen molar-refractivity contribution >= 4 is 35.2 Å². The number of amides is 6. The summed E-state index contributed by atoms with van der Waals surface area (Å²) < 4.78 is 11.0. The molecule has 0 saturated carbocycles. The first-order chi connectivity index (χ1) is 42.8. The molecule has 88 heavy (non-hydrogen) atoms. The molecular weight excluding hydrogens is 1090 g/mol. The van der Waals surface area contributed by atoms with Gasteiger partial charge in [-0.05, 0) is 180 Å². The van der Waals surface area contributed by atoms with Crippen LogP contribution in [0.2, 0.25) is 0 Å². The van der Waals surface area contributed by atoms with Crippen molar-refractivity contribution in [2.24, 2.45) is 0 Å². The molecule has 1 unspecified atom stereocenters. The highest BCUT2D eigenvalue weighted by atomic mass is 16.7.